The SMILES string of the molecule is CCCNC1CCN(c2ccc(OC(F)F)cc2)C1=O. The molecule has 0 bridgehead atoms. The zero-order valence-corrected chi connectivity index (χ0v) is 11.3. The summed E-state index contributed by atoms with van der Waals surface area (Å²) in [6, 6.07) is 5.99. The fraction of sp³-hybridized carbons (Fsp3) is 0.500. The molecule has 0 aromatic heterocycles. The second kappa shape index (κ2) is 6.65. The number of nitrogens with zero attached hydrogens (tertiary/aromatic N) is 1. The van der Waals surface area contributed by atoms with Crippen LogP contribution in [0, 0.1) is 0 Å². The number of hydrogen-bond acceptors (Lipinski definition) is 3. The van der Waals surface area contributed by atoms with Gasteiger partial charge in [0.05, 0.1) is 6.04 Å². The van der Waals surface area contributed by atoms with Crippen LogP contribution in [0.1, 0.15) is 19.8 Å². The lowest BCUT2D eigenvalue weighted by atomic mass is 10.2. The number of amides is 1. The second-order valence-electron chi connectivity index (χ2n) is 4.66. The normalized spacial score (nSPS) is 18.9. The molecule has 2 rings (SSSR count). The Labute approximate surface area is 116 Å². The van der Waals surface area contributed by atoms with Crippen molar-refractivity contribution >= 4 is 11.6 Å². The fourth-order valence-corrected chi connectivity index (χ4v) is 2.25. The quantitative estimate of drug-likeness (QED) is 0.872. The standard InChI is InChI=1S/C14H18F2N2O2/c1-2-8-17-12-7-9-18(13(12)19)10-3-5-11(6-4-10)20-14(15)16/h3-6,12,14,17H,2,7-9H2,1H3. The molecule has 1 aliphatic rings. The van der Waals surface area contributed by atoms with E-state index < -0.39 is 6.61 Å². The fourth-order valence-electron chi connectivity index (χ4n) is 2.25. The summed E-state index contributed by atoms with van der Waals surface area (Å²) in [5, 5.41) is 3.20. The van der Waals surface area contributed by atoms with E-state index in [1.165, 1.54) is 12.1 Å². The number of halogens is 2. The molecule has 1 atom stereocenters. The Morgan fingerprint density at radius 2 is 2.10 bits per heavy atom. The van der Waals surface area contributed by atoms with Crippen LogP contribution in [0.25, 0.3) is 0 Å². The third-order valence-corrected chi connectivity index (χ3v) is 3.22. The van der Waals surface area contributed by atoms with E-state index in [9.17, 15) is 13.6 Å². The van der Waals surface area contributed by atoms with Gasteiger partial charge in [-0.2, -0.15) is 8.78 Å². The molecule has 110 valence electrons. The Morgan fingerprint density at radius 1 is 1.40 bits per heavy atom. The summed E-state index contributed by atoms with van der Waals surface area (Å²) in [6.45, 7) is 0.656. The first-order valence-electron chi connectivity index (χ1n) is 6.71. The number of rotatable bonds is 6. The van der Waals surface area contributed by atoms with Crippen LogP contribution in [-0.2, 0) is 4.79 Å². The Kier molecular flexibility index (Phi) is 4.89. The molecule has 0 spiro atoms. The molecule has 1 N–H and O–H groups in total. The van der Waals surface area contributed by atoms with Crippen molar-refractivity contribution < 1.29 is 18.3 Å². The molecule has 20 heavy (non-hydrogen) atoms. The second-order valence-corrected chi connectivity index (χ2v) is 4.66. The maximum atomic E-state index is 12.2. The predicted octanol–water partition coefficient (Wildman–Crippen LogP) is 2.39. The Morgan fingerprint density at radius 3 is 2.70 bits per heavy atom. The summed E-state index contributed by atoms with van der Waals surface area (Å²) in [5.74, 6) is 0.122. The van der Waals surface area contributed by atoms with Crippen LogP contribution in [0.4, 0.5) is 14.5 Å². The van der Waals surface area contributed by atoms with E-state index in [-0.39, 0.29) is 17.7 Å². The number of hydrogen-bond donors (Lipinski definition) is 1. The first kappa shape index (κ1) is 14.7. The Balaban J connectivity index is 2.00. The largest absolute Gasteiger partial charge is 0.435 e. The van der Waals surface area contributed by atoms with E-state index in [0.717, 1.165) is 19.4 Å². The van der Waals surface area contributed by atoms with Crippen molar-refractivity contribution in [3.63, 3.8) is 0 Å². The molecule has 1 fully saturated rings. The zero-order valence-electron chi connectivity index (χ0n) is 11.3. The molecule has 1 amide bonds. The monoisotopic (exact) mass is 284 g/mol. The molecule has 6 heteroatoms. The average Bonchev–Trinajstić information content (AvgIpc) is 2.78. The highest BCUT2D eigenvalue weighted by Crippen LogP contribution is 2.24. The van der Waals surface area contributed by atoms with E-state index in [2.05, 4.69) is 10.1 Å². The van der Waals surface area contributed by atoms with Gasteiger partial charge in [-0.15, -0.1) is 0 Å². The third-order valence-electron chi connectivity index (χ3n) is 3.22. The van der Waals surface area contributed by atoms with Crippen LogP contribution in [0.3, 0.4) is 0 Å². The maximum absolute atomic E-state index is 12.2. The van der Waals surface area contributed by atoms with Gasteiger partial charge >= 0.3 is 6.61 Å². The highest BCUT2D eigenvalue weighted by Gasteiger charge is 2.31. The van der Waals surface area contributed by atoms with Crippen molar-refractivity contribution in [2.45, 2.75) is 32.4 Å². The number of benzene rings is 1. The molecule has 1 heterocycles. The maximum Gasteiger partial charge on any atom is 0.387 e. The molecule has 1 aromatic rings. The predicted molar refractivity (Wildman–Crippen MR) is 72.1 cm³/mol. The van der Waals surface area contributed by atoms with Crippen LogP contribution in [0.15, 0.2) is 24.3 Å². The summed E-state index contributed by atoms with van der Waals surface area (Å²) in [6.07, 6.45) is 1.73. The summed E-state index contributed by atoms with van der Waals surface area (Å²) in [5.41, 5.74) is 0.706. The van der Waals surface area contributed by atoms with Crippen molar-refractivity contribution in [2.75, 3.05) is 18.0 Å². The minimum Gasteiger partial charge on any atom is -0.435 e. The summed E-state index contributed by atoms with van der Waals surface area (Å²) in [4.78, 5) is 13.9. The smallest absolute Gasteiger partial charge is 0.387 e. The number of carbonyl (C=O) groups is 1. The van der Waals surface area contributed by atoms with Crippen LogP contribution >= 0.6 is 0 Å². The van der Waals surface area contributed by atoms with E-state index in [1.54, 1.807) is 17.0 Å². The van der Waals surface area contributed by atoms with Crippen molar-refractivity contribution in [1.29, 1.82) is 0 Å². The number of carbonyl (C=O) groups excluding carboxylic acids is 1. The van der Waals surface area contributed by atoms with Gasteiger partial charge in [0.2, 0.25) is 5.91 Å². The van der Waals surface area contributed by atoms with E-state index >= 15 is 0 Å². The molecular weight excluding hydrogens is 266 g/mol. The van der Waals surface area contributed by atoms with Gasteiger partial charge in [0.25, 0.3) is 0 Å². The van der Waals surface area contributed by atoms with Crippen molar-refractivity contribution in [3.8, 4) is 5.75 Å². The highest BCUT2D eigenvalue weighted by atomic mass is 19.3. The van der Waals surface area contributed by atoms with Crippen LogP contribution in [0.5, 0.6) is 5.75 Å². The van der Waals surface area contributed by atoms with Crippen LogP contribution in [-0.4, -0.2) is 31.7 Å². The average molecular weight is 284 g/mol. The molecule has 0 aliphatic carbocycles. The Bertz CT molecular complexity index is 451. The van der Waals surface area contributed by atoms with E-state index in [0.29, 0.717) is 12.2 Å². The van der Waals surface area contributed by atoms with Gasteiger partial charge in [-0.25, -0.2) is 0 Å². The zero-order chi connectivity index (χ0) is 14.5. The van der Waals surface area contributed by atoms with Crippen molar-refractivity contribution in [3.05, 3.63) is 24.3 Å². The van der Waals surface area contributed by atoms with Gasteiger partial charge < -0.3 is 15.0 Å². The van der Waals surface area contributed by atoms with Gasteiger partial charge in [-0.05, 0) is 43.7 Å². The van der Waals surface area contributed by atoms with Gasteiger partial charge in [-0.1, -0.05) is 6.92 Å². The van der Waals surface area contributed by atoms with Crippen LogP contribution in [0.2, 0.25) is 0 Å². The van der Waals surface area contributed by atoms with Gasteiger partial charge in [0.15, 0.2) is 0 Å². The topological polar surface area (TPSA) is 41.6 Å². The molecule has 0 radical (unpaired) electrons. The summed E-state index contributed by atoms with van der Waals surface area (Å²) < 4.78 is 28.4. The highest BCUT2D eigenvalue weighted by molar-refractivity contribution is 5.99. The van der Waals surface area contributed by atoms with Gasteiger partial charge in [-0.3, -0.25) is 4.79 Å². The van der Waals surface area contributed by atoms with E-state index in [1.807, 2.05) is 6.92 Å². The molecular formula is C14H18F2N2O2. The van der Waals surface area contributed by atoms with Crippen LogP contribution < -0.4 is 15.0 Å². The molecule has 1 unspecified atom stereocenters. The first-order valence-corrected chi connectivity index (χ1v) is 6.71. The molecule has 1 saturated heterocycles. The van der Waals surface area contributed by atoms with E-state index in [4.69, 9.17) is 0 Å². The number of anilines is 1. The van der Waals surface area contributed by atoms with Gasteiger partial charge in [0, 0.05) is 12.2 Å². The summed E-state index contributed by atoms with van der Waals surface area (Å²) in [7, 11) is 0. The number of alkyl halides is 2. The molecule has 4 nitrogen and oxygen atoms in total. The molecule has 0 saturated carbocycles. The molecule has 1 aliphatic heterocycles. The third kappa shape index (κ3) is 3.45. The summed E-state index contributed by atoms with van der Waals surface area (Å²) >= 11 is 0. The Hall–Kier alpha value is -1.69. The number of ether oxygens (including phenoxy) is 1. The van der Waals surface area contributed by atoms with Crippen molar-refractivity contribution in [2.24, 2.45) is 0 Å². The lowest BCUT2D eigenvalue weighted by Gasteiger charge is -2.17. The first-order chi connectivity index (χ1) is 9.61. The molecule has 1 aromatic carbocycles. The lowest BCUT2D eigenvalue weighted by Crippen LogP contribution is -2.38. The van der Waals surface area contributed by atoms with Gasteiger partial charge in [0.1, 0.15) is 5.75 Å². The lowest BCUT2D eigenvalue weighted by molar-refractivity contribution is -0.118. The minimum atomic E-state index is -2.84. The minimum absolute atomic E-state index is 0.0287. The van der Waals surface area contributed by atoms with Crippen molar-refractivity contribution in [1.82, 2.24) is 5.32 Å². The number of nitrogens with one attached hydrogen (secondary N) is 1.